The molecule has 0 aromatic heterocycles. The second kappa shape index (κ2) is 4.86. The Balaban J connectivity index is 2.64. The van der Waals surface area contributed by atoms with E-state index in [1.807, 2.05) is 0 Å². The van der Waals surface area contributed by atoms with Gasteiger partial charge in [-0.3, -0.25) is 4.79 Å². The van der Waals surface area contributed by atoms with Gasteiger partial charge in [-0.05, 0) is 42.8 Å². The lowest BCUT2D eigenvalue weighted by molar-refractivity contribution is -0.117. The maximum Gasteiger partial charge on any atom is 0.262 e. The van der Waals surface area contributed by atoms with Crippen LogP contribution in [0, 0.1) is 0 Å². The lowest BCUT2D eigenvalue weighted by atomic mass is 10.3. The molecule has 0 radical (unpaired) electrons. The Morgan fingerprint density at radius 1 is 1.29 bits per heavy atom. The molecule has 0 saturated carbocycles. The predicted molar refractivity (Wildman–Crippen MR) is 53.9 cm³/mol. The van der Waals surface area contributed by atoms with E-state index in [1.54, 1.807) is 38.3 Å². The Bertz CT molecular complexity index is 308. The average Bonchev–Trinajstić information content (AvgIpc) is 2.19. The van der Waals surface area contributed by atoms with Crippen molar-refractivity contribution >= 4 is 16.8 Å². The van der Waals surface area contributed by atoms with E-state index in [0.29, 0.717) is 5.75 Å². The van der Waals surface area contributed by atoms with Crippen LogP contribution >= 0.6 is 11.6 Å². The summed E-state index contributed by atoms with van der Waals surface area (Å²) in [5.74, 6) is 1.33. The van der Waals surface area contributed by atoms with E-state index in [4.69, 9.17) is 21.1 Å². The molecule has 0 spiro atoms. The highest BCUT2D eigenvalue weighted by molar-refractivity contribution is 6.64. The molecule has 1 atom stereocenters. The number of ether oxygens (including phenoxy) is 2. The molecule has 1 aromatic carbocycles. The second-order valence-corrected chi connectivity index (χ2v) is 3.11. The Kier molecular flexibility index (Phi) is 3.77. The second-order valence-electron chi connectivity index (χ2n) is 2.74. The summed E-state index contributed by atoms with van der Waals surface area (Å²) in [6, 6.07) is 6.94. The predicted octanol–water partition coefficient (Wildman–Crippen LogP) is 2.23. The van der Waals surface area contributed by atoms with Crippen molar-refractivity contribution in [2.45, 2.75) is 13.0 Å². The van der Waals surface area contributed by atoms with Gasteiger partial charge >= 0.3 is 0 Å². The van der Waals surface area contributed by atoms with Crippen molar-refractivity contribution < 1.29 is 14.3 Å². The normalized spacial score (nSPS) is 11.9. The fourth-order valence-corrected chi connectivity index (χ4v) is 0.949. The van der Waals surface area contributed by atoms with Crippen molar-refractivity contribution in [2.75, 3.05) is 7.11 Å². The number of benzene rings is 1. The van der Waals surface area contributed by atoms with Crippen molar-refractivity contribution in [3.63, 3.8) is 0 Å². The molecule has 4 heteroatoms. The van der Waals surface area contributed by atoms with Crippen molar-refractivity contribution in [3.05, 3.63) is 24.3 Å². The molecule has 76 valence electrons. The molecule has 0 bridgehead atoms. The topological polar surface area (TPSA) is 35.5 Å². The van der Waals surface area contributed by atoms with Crippen LogP contribution in [-0.4, -0.2) is 18.5 Å². The van der Waals surface area contributed by atoms with E-state index in [1.165, 1.54) is 0 Å². The summed E-state index contributed by atoms with van der Waals surface area (Å²) in [5.41, 5.74) is 0. The molecule has 0 N–H and O–H groups in total. The van der Waals surface area contributed by atoms with E-state index in [0.717, 1.165) is 5.75 Å². The summed E-state index contributed by atoms with van der Waals surface area (Å²) >= 11 is 5.25. The Morgan fingerprint density at radius 3 is 2.21 bits per heavy atom. The molecule has 0 amide bonds. The minimum Gasteiger partial charge on any atom is -0.497 e. The van der Waals surface area contributed by atoms with Crippen LogP contribution < -0.4 is 9.47 Å². The van der Waals surface area contributed by atoms with Crippen LogP contribution in [0.1, 0.15) is 6.92 Å². The zero-order chi connectivity index (χ0) is 10.6. The standard InChI is InChI=1S/C10H11ClO3/c1-7(10(11)12)14-9-5-3-8(13-2)4-6-9/h3-7H,1-2H3/t7-/m0/s1. The van der Waals surface area contributed by atoms with E-state index < -0.39 is 11.3 Å². The van der Waals surface area contributed by atoms with Gasteiger partial charge in [-0.1, -0.05) is 0 Å². The van der Waals surface area contributed by atoms with E-state index >= 15 is 0 Å². The third-order valence-electron chi connectivity index (χ3n) is 1.69. The minimum atomic E-state index is -0.634. The molecule has 0 aliphatic heterocycles. The van der Waals surface area contributed by atoms with E-state index in [-0.39, 0.29) is 0 Å². The van der Waals surface area contributed by atoms with Gasteiger partial charge in [-0.2, -0.15) is 0 Å². The van der Waals surface area contributed by atoms with Gasteiger partial charge in [0.2, 0.25) is 0 Å². The Morgan fingerprint density at radius 2 is 1.79 bits per heavy atom. The van der Waals surface area contributed by atoms with Crippen molar-refractivity contribution in [2.24, 2.45) is 0 Å². The molecule has 0 aliphatic rings. The summed E-state index contributed by atoms with van der Waals surface area (Å²) < 4.78 is 10.2. The van der Waals surface area contributed by atoms with E-state index in [2.05, 4.69) is 0 Å². The van der Waals surface area contributed by atoms with Gasteiger partial charge in [-0.25, -0.2) is 0 Å². The summed E-state index contributed by atoms with van der Waals surface area (Å²) in [5, 5.41) is -0.513. The number of hydrogen-bond donors (Lipinski definition) is 0. The fourth-order valence-electron chi connectivity index (χ4n) is 0.905. The van der Waals surface area contributed by atoms with E-state index in [9.17, 15) is 4.79 Å². The van der Waals surface area contributed by atoms with Gasteiger partial charge in [0.25, 0.3) is 5.24 Å². The van der Waals surface area contributed by atoms with Crippen LogP contribution in [0.3, 0.4) is 0 Å². The van der Waals surface area contributed by atoms with Gasteiger partial charge < -0.3 is 9.47 Å². The lowest BCUT2D eigenvalue weighted by Gasteiger charge is -2.10. The first-order valence-electron chi connectivity index (χ1n) is 4.13. The van der Waals surface area contributed by atoms with Crippen LogP contribution in [0.5, 0.6) is 11.5 Å². The molecular formula is C10H11ClO3. The van der Waals surface area contributed by atoms with Crippen LogP contribution in [0.2, 0.25) is 0 Å². The number of carbonyl (C=O) groups excluding carboxylic acids is 1. The fraction of sp³-hybridized carbons (Fsp3) is 0.300. The Hall–Kier alpha value is -1.22. The van der Waals surface area contributed by atoms with Gasteiger partial charge in [0.05, 0.1) is 7.11 Å². The molecule has 3 nitrogen and oxygen atoms in total. The van der Waals surface area contributed by atoms with Crippen LogP contribution in [0.4, 0.5) is 0 Å². The number of rotatable bonds is 4. The molecular weight excluding hydrogens is 204 g/mol. The first kappa shape index (κ1) is 10.9. The van der Waals surface area contributed by atoms with Crippen molar-refractivity contribution in [1.82, 2.24) is 0 Å². The van der Waals surface area contributed by atoms with Gasteiger partial charge in [0.1, 0.15) is 11.5 Å². The zero-order valence-corrected chi connectivity index (χ0v) is 8.75. The van der Waals surface area contributed by atoms with Crippen LogP contribution in [0.25, 0.3) is 0 Å². The number of methoxy groups -OCH3 is 1. The number of hydrogen-bond acceptors (Lipinski definition) is 3. The van der Waals surface area contributed by atoms with Gasteiger partial charge in [-0.15, -0.1) is 0 Å². The highest BCUT2D eigenvalue weighted by Crippen LogP contribution is 2.18. The van der Waals surface area contributed by atoms with Crippen LogP contribution in [-0.2, 0) is 4.79 Å². The first-order valence-corrected chi connectivity index (χ1v) is 4.51. The first-order chi connectivity index (χ1) is 6.63. The maximum atomic E-state index is 10.7. The summed E-state index contributed by atoms with van der Waals surface area (Å²) in [7, 11) is 1.58. The molecule has 0 unspecified atom stereocenters. The van der Waals surface area contributed by atoms with Gasteiger partial charge in [0.15, 0.2) is 6.10 Å². The summed E-state index contributed by atoms with van der Waals surface area (Å²) in [6.07, 6.45) is -0.634. The lowest BCUT2D eigenvalue weighted by Crippen LogP contribution is -2.18. The summed E-state index contributed by atoms with van der Waals surface area (Å²) in [6.45, 7) is 1.60. The maximum absolute atomic E-state index is 10.7. The Labute approximate surface area is 87.6 Å². The molecule has 0 heterocycles. The molecule has 0 aliphatic carbocycles. The average molecular weight is 215 g/mol. The number of halogens is 1. The third kappa shape index (κ3) is 2.92. The zero-order valence-electron chi connectivity index (χ0n) is 7.99. The monoisotopic (exact) mass is 214 g/mol. The molecule has 1 rings (SSSR count). The molecule has 0 saturated heterocycles. The van der Waals surface area contributed by atoms with Crippen molar-refractivity contribution in [3.8, 4) is 11.5 Å². The highest BCUT2D eigenvalue weighted by Gasteiger charge is 2.10. The number of carbonyl (C=O) groups is 1. The molecule has 0 fully saturated rings. The van der Waals surface area contributed by atoms with Crippen molar-refractivity contribution in [1.29, 1.82) is 0 Å². The largest absolute Gasteiger partial charge is 0.497 e. The van der Waals surface area contributed by atoms with Gasteiger partial charge in [0, 0.05) is 0 Å². The smallest absolute Gasteiger partial charge is 0.262 e. The molecule has 14 heavy (non-hydrogen) atoms. The SMILES string of the molecule is COc1ccc(O[C@@H](C)C(=O)Cl)cc1. The highest BCUT2D eigenvalue weighted by atomic mass is 35.5. The minimum absolute atomic E-state index is 0.513. The molecule has 1 aromatic rings. The third-order valence-corrected chi connectivity index (χ3v) is 2.00. The quantitative estimate of drug-likeness (QED) is 0.721. The van der Waals surface area contributed by atoms with Crippen LogP contribution in [0.15, 0.2) is 24.3 Å². The summed E-state index contributed by atoms with van der Waals surface area (Å²) in [4.78, 5) is 10.7.